The van der Waals surface area contributed by atoms with Crippen molar-refractivity contribution >= 4 is 39.4 Å². The number of fused-ring (bicyclic) bond motifs is 2. The highest BCUT2D eigenvalue weighted by atomic mass is 35.5. The van der Waals surface area contributed by atoms with E-state index in [1.807, 2.05) is 35.3 Å². The molecule has 0 aliphatic carbocycles. The molecule has 3 aromatic heterocycles. The van der Waals surface area contributed by atoms with E-state index in [-0.39, 0.29) is 17.4 Å². The van der Waals surface area contributed by atoms with Crippen LogP contribution in [0.2, 0.25) is 5.28 Å². The maximum absolute atomic E-state index is 6.11. The number of benzene rings is 1. The lowest BCUT2D eigenvalue weighted by Crippen LogP contribution is -2.09. The largest absolute Gasteiger partial charge is 0.361 e. The predicted molar refractivity (Wildman–Crippen MR) is 104 cm³/mol. The summed E-state index contributed by atoms with van der Waals surface area (Å²) in [6.07, 6.45) is 3.77. The number of para-hydroxylation sites is 1. The van der Waals surface area contributed by atoms with Gasteiger partial charge >= 0.3 is 0 Å². The minimum Gasteiger partial charge on any atom is -0.361 e. The minimum atomic E-state index is -0.00882. The number of pyridine rings is 1. The van der Waals surface area contributed by atoms with Gasteiger partial charge in [-0.25, -0.2) is 4.98 Å². The van der Waals surface area contributed by atoms with Crippen molar-refractivity contribution in [2.24, 2.45) is 0 Å². The molecule has 7 heteroatoms. The van der Waals surface area contributed by atoms with Gasteiger partial charge in [0.1, 0.15) is 5.52 Å². The van der Waals surface area contributed by atoms with E-state index in [9.17, 15) is 0 Å². The van der Waals surface area contributed by atoms with Gasteiger partial charge in [-0.2, -0.15) is 10.1 Å². The predicted octanol–water partition coefficient (Wildman–Crippen LogP) is 4.78. The van der Waals surface area contributed by atoms with Gasteiger partial charge in [-0.15, -0.1) is 0 Å². The summed E-state index contributed by atoms with van der Waals surface area (Å²) in [5, 5.41) is 9.32. The summed E-state index contributed by atoms with van der Waals surface area (Å²) in [4.78, 5) is 13.2. The number of nitrogens with zero attached hydrogens (tertiary/aromatic N) is 5. The number of rotatable bonds is 4. The van der Waals surface area contributed by atoms with Crippen LogP contribution in [0.4, 0.5) is 5.82 Å². The molecule has 0 aliphatic rings. The lowest BCUT2D eigenvalue weighted by molar-refractivity contribution is 0.537. The van der Waals surface area contributed by atoms with Crippen LogP contribution in [-0.2, 0) is 0 Å². The van der Waals surface area contributed by atoms with Crippen molar-refractivity contribution in [2.45, 2.75) is 32.9 Å². The van der Waals surface area contributed by atoms with Gasteiger partial charge in [-0.1, -0.05) is 18.2 Å². The Morgan fingerprint density at radius 3 is 2.69 bits per heavy atom. The Morgan fingerprint density at radius 2 is 1.88 bits per heavy atom. The molecule has 132 valence electrons. The molecule has 0 bridgehead atoms. The molecule has 0 spiro atoms. The normalized spacial score (nSPS) is 12.8. The van der Waals surface area contributed by atoms with Gasteiger partial charge in [0.2, 0.25) is 5.28 Å². The van der Waals surface area contributed by atoms with Crippen molar-refractivity contribution in [1.29, 1.82) is 0 Å². The van der Waals surface area contributed by atoms with Gasteiger partial charge in [0, 0.05) is 17.6 Å². The quantitative estimate of drug-likeness (QED) is 0.526. The van der Waals surface area contributed by atoms with Gasteiger partial charge in [0.25, 0.3) is 0 Å². The van der Waals surface area contributed by atoms with E-state index in [0.717, 1.165) is 22.0 Å². The van der Waals surface area contributed by atoms with Gasteiger partial charge < -0.3 is 5.32 Å². The second-order valence-corrected chi connectivity index (χ2v) is 6.94. The first-order valence-electron chi connectivity index (χ1n) is 8.55. The van der Waals surface area contributed by atoms with Crippen LogP contribution in [0.1, 0.15) is 38.4 Å². The van der Waals surface area contributed by atoms with Crippen LogP contribution in [0.3, 0.4) is 0 Å². The lowest BCUT2D eigenvalue weighted by atomic mass is 10.1. The second-order valence-electron chi connectivity index (χ2n) is 6.61. The second kappa shape index (κ2) is 6.53. The van der Waals surface area contributed by atoms with Crippen LogP contribution >= 0.6 is 11.6 Å². The van der Waals surface area contributed by atoms with E-state index in [1.54, 1.807) is 0 Å². The highest BCUT2D eigenvalue weighted by Gasteiger charge is 2.15. The van der Waals surface area contributed by atoms with Crippen LogP contribution < -0.4 is 5.32 Å². The highest BCUT2D eigenvalue weighted by molar-refractivity contribution is 6.28. The maximum atomic E-state index is 6.11. The monoisotopic (exact) mass is 366 g/mol. The molecular formula is C19H19ClN6. The zero-order valence-electron chi connectivity index (χ0n) is 14.8. The molecule has 4 aromatic rings. The van der Waals surface area contributed by atoms with Crippen molar-refractivity contribution in [3.05, 3.63) is 53.6 Å². The highest BCUT2D eigenvalue weighted by Crippen LogP contribution is 2.26. The van der Waals surface area contributed by atoms with E-state index in [2.05, 4.69) is 58.3 Å². The molecule has 0 radical (unpaired) electrons. The molecule has 6 nitrogen and oxygen atoms in total. The Labute approximate surface area is 156 Å². The molecule has 0 amide bonds. The Balaban J connectivity index is 1.70. The van der Waals surface area contributed by atoms with Crippen molar-refractivity contribution in [3.8, 4) is 0 Å². The molecule has 1 N–H and O–H groups in total. The third-order valence-corrected chi connectivity index (χ3v) is 4.52. The third-order valence-electron chi connectivity index (χ3n) is 4.35. The SMILES string of the molecule is CC(C)n1cc2nc(Cl)nc(N[C@H](C)c3cnc4ccccc4c3)c2n1. The summed E-state index contributed by atoms with van der Waals surface area (Å²) in [6.45, 7) is 6.20. The van der Waals surface area contributed by atoms with Gasteiger partial charge in [0.15, 0.2) is 11.3 Å². The van der Waals surface area contributed by atoms with E-state index < -0.39 is 0 Å². The zero-order chi connectivity index (χ0) is 18.3. The Morgan fingerprint density at radius 1 is 1.08 bits per heavy atom. The molecule has 0 saturated carbocycles. The third kappa shape index (κ3) is 3.08. The number of halogens is 1. The molecule has 0 unspecified atom stereocenters. The molecule has 0 aliphatic heterocycles. The maximum Gasteiger partial charge on any atom is 0.225 e. The molecule has 1 aromatic carbocycles. The van der Waals surface area contributed by atoms with Gasteiger partial charge in [0.05, 0.1) is 17.8 Å². The van der Waals surface area contributed by atoms with Crippen LogP contribution in [-0.4, -0.2) is 24.7 Å². The molecular weight excluding hydrogens is 348 g/mol. The number of hydrogen-bond donors (Lipinski definition) is 1. The summed E-state index contributed by atoms with van der Waals surface area (Å²) in [5.41, 5.74) is 3.48. The van der Waals surface area contributed by atoms with Crippen LogP contribution in [0.15, 0.2) is 42.7 Å². The first-order valence-corrected chi connectivity index (χ1v) is 8.92. The van der Waals surface area contributed by atoms with E-state index in [1.165, 1.54) is 0 Å². The Hall–Kier alpha value is -2.73. The fraction of sp³-hybridized carbons (Fsp3) is 0.263. The fourth-order valence-electron chi connectivity index (χ4n) is 2.88. The van der Waals surface area contributed by atoms with E-state index in [4.69, 9.17) is 11.6 Å². The average molecular weight is 367 g/mol. The standard InChI is InChI=1S/C19H19ClN6/c1-11(2)26-10-16-17(25-26)18(24-19(20)23-16)22-12(3)14-8-13-6-4-5-7-15(13)21-9-14/h4-12H,1-3H3,(H,22,23,24)/t12-/m1/s1. The lowest BCUT2D eigenvalue weighted by Gasteiger charge is -2.15. The summed E-state index contributed by atoms with van der Waals surface area (Å²) in [6, 6.07) is 10.4. The smallest absolute Gasteiger partial charge is 0.225 e. The first kappa shape index (κ1) is 16.7. The first-order chi connectivity index (χ1) is 12.5. The topological polar surface area (TPSA) is 68.5 Å². The van der Waals surface area contributed by atoms with Crippen molar-refractivity contribution < 1.29 is 0 Å². The van der Waals surface area contributed by atoms with Crippen molar-refractivity contribution in [3.63, 3.8) is 0 Å². The van der Waals surface area contributed by atoms with Crippen LogP contribution in [0.25, 0.3) is 21.9 Å². The van der Waals surface area contributed by atoms with Crippen LogP contribution in [0, 0.1) is 0 Å². The van der Waals surface area contributed by atoms with E-state index >= 15 is 0 Å². The molecule has 0 saturated heterocycles. The van der Waals surface area contributed by atoms with Crippen molar-refractivity contribution in [2.75, 3.05) is 5.32 Å². The average Bonchev–Trinajstić information content (AvgIpc) is 3.05. The Kier molecular flexibility index (Phi) is 4.20. The molecule has 0 fully saturated rings. The van der Waals surface area contributed by atoms with Gasteiger partial charge in [-0.05, 0) is 50.1 Å². The summed E-state index contributed by atoms with van der Waals surface area (Å²) in [5.74, 6) is 0.625. The summed E-state index contributed by atoms with van der Waals surface area (Å²) >= 11 is 6.11. The molecule has 4 rings (SSSR count). The summed E-state index contributed by atoms with van der Waals surface area (Å²) < 4.78 is 1.86. The van der Waals surface area contributed by atoms with Crippen molar-refractivity contribution in [1.82, 2.24) is 24.7 Å². The van der Waals surface area contributed by atoms with Gasteiger partial charge in [-0.3, -0.25) is 9.67 Å². The molecule has 1 atom stereocenters. The molecule has 26 heavy (non-hydrogen) atoms. The Bertz CT molecular complexity index is 1090. The fourth-order valence-corrected chi connectivity index (χ4v) is 3.06. The van der Waals surface area contributed by atoms with E-state index in [0.29, 0.717) is 11.3 Å². The molecule has 3 heterocycles. The summed E-state index contributed by atoms with van der Waals surface area (Å²) in [7, 11) is 0. The number of nitrogens with one attached hydrogen (secondary N) is 1. The zero-order valence-corrected chi connectivity index (χ0v) is 15.6. The number of hydrogen-bond acceptors (Lipinski definition) is 5. The van der Waals surface area contributed by atoms with Crippen LogP contribution in [0.5, 0.6) is 0 Å². The minimum absolute atomic E-state index is 0.00882. The number of aromatic nitrogens is 5. The number of anilines is 1.